The van der Waals surface area contributed by atoms with Gasteiger partial charge in [0, 0.05) is 17.7 Å². The molecule has 2 aromatic carbocycles. The van der Waals surface area contributed by atoms with Gasteiger partial charge in [-0.3, -0.25) is 9.59 Å². The van der Waals surface area contributed by atoms with Gasteiger partial charge in [-0.05, 0) is 18.9 Å². The maximum absolute atomic E-state index is 12.2. The third-order valence-electron chi connectivity index (χ3n) is 4.34. The van der Waals surface area contributed by atoms with Crippen LogP contribution in [0.5, 0.6) is 11.5 Å². The Bertz CT molecular complexity index is 1100. The van der Waals surface area contributed by atoms with Gasteiger partial charge in [0.15, 0.2) is 28.6 Å². The van der Waals surface area contributed by atoms with E-state index in [4.69, 9.17) is 24.4 Å². The van der Waals surface area contributed by atoms with Gasteiger partial charge in [0.2, 0.25) is 0 Å². The molecule has 1 heterocycles. The van der Waals surface area contributed by atoms with Gasteiger partial charge in [0.25, 0.3) is 0 Å². The highest BCUT2D eigenvalue weighted by atomic mass is 16.7. The van der Waals surface area contributed by atoms with Crippen molar-refractivity contribution in [3.8, 4) is 11.5 Å². The average molecular weight is 415 g/mol. The Balaban J connectivity index is 1.76. The molecule has 3 rings (SSSR count). The zero-order valence-corrected chi connectivity index (χ0v) is 16.3. The number of benzene rings is 2. The number of carbonyl (C=O) groups excluding carboxylic acids is 3. The van der Waals surface area contributed by atoms with E-state index in [1.807, 2.05) is 0 Å². The van der Waals surface area contributed by atoms with E-state index in [1.165, 1.54) is 13.0 Å². The van der Waals surface area contributed by atoms with Crippen molar-refractivity contribution in [2.24, 2.45) is 5.73 Å². The summed E-state index contributed by atoms with van der Waals surface area (Å²) in [6, 6.07) is 8.16. The Morgan fingerprint density at radius 1 is 1.03 bits per heavy atom. The summed E-state index contributed by atoms with van der Waals surface area (Å²) in [6.07, 6.45) is 0.00484. The standard InChI is InChI=1S/C21H21NO8/c1-12(23)16-10-15-19(14-7-3-2-6-13(14)18(25)20(15)29-16)30-21(26)28-9-5-4-8-27-17(24)11-22/h2-3,6-7,10,25H,4-5,8-9,11,22H2,1H3. The van der Waals surface area contributed by atoms with Crippen LogP contribution in [-0.4, -0.2) is 42.8 Å². The number of nitrogens with two attached hydrogens (primary N) is 1. The van der Waals surface area contributed by atoms with E-state index < -0.39 is 12.1 Å². The summed E-state index contributed by atoms with van der Waals surface area (Å²) in [7, 11) is 0. The van der Waals surface area contributed by atoms with Crippen molar-refractivity contribution in [3.05, 3.63) is 36.1 Å². The Kier molecular flexibility index (Phi) is 6.53. The topological polar surface area (TPSA) is 138 Å². The molecule has 0 radical (unpaired) electrons. The molecule has 0 unspecified atom stereocenters. The van der Waals surface area contributed by atoms with Crippen LogP contribution in [0.1, 0.15) is 30.3 Å². The number of carbonyl (C=O) groups is 3. The second kappa shape index (κ2) is 9.27. The highest BCUT2D eigenvalue weighted by molar-refractivity contribution is 6.11. The molecule has 0 aliphatic carbocycles. The van der Waals surface area contributed by atoms with Crippen molar-refractivity contribution in [1.29, 1.82) is 0 Å². The molecule has 0 aliphatic heterocycles. The van der Waals surface area contributed by atoms with Gasteiger partial charge in [-0.25, -0.2) is 4.79 Å². The average Bonchev–Trinajstić information content (AvgIpc) is 3.19. The number of rotatable bonds is 8. The van der Waals surface area contributed by atoms with Crippen molar-refractivity contribution in [2.45, 2.75) is 19.8 Å². The lowest BCUT2D eigenvalue weighted by molar-refractivity contribution is -0.142. The summed E-state index contributed by atoms with van der Waals surface area (Å²) in [5.41, 5.74) is 5.18. The lowest BCUT2D eigenvalue weighted by Crippen LogP contribution is -2.17. The number of Topliss-reactive ketones (excluding diaryl/α,β-unsaturated/α-hetero) is 1. The van der Waals surface area contributed by atoms with Gasteiger partial charge < -0.3 is 29.5 Å². The Morgan fingerprint density at radius 3 is 2.37 bits per heavy atom. The number of fused-ring (bicyclic) bond motifs is 2. The van der Waals surface area contributed by atoms with E-state index in [0.717, 1.165) is 0 Å². The van der Waals surface area contributed by atoms with Gasteiger partial charge in [-0.15, -0.1) is 0 Å². The number of phenols is 1. The number of esters is 1. The molecule has 1 aromatic heterocycles. The molecule has 3 aromatic rings. The van der Waals surface area contributed by atoms with E-state index in [9.17, 15) is 19.5 Å². The molecule has 9 heteroatoms. The minimum Gasteiger partial charge on any atom is -0.504 e. The van der Waals surface area contributed by atoms with Crippen LogP contribution >= 0.6 is 0 Å². The predicted molar refractivity (Wildman–Crippen MR) is 107 cm³/mol. The van der Waals surface area contributed by atoms with Gasteiger partial charge >= 0.3 is 12.1 Å². The molecule has 0 atom stereocenters. The lowest BCUT2D eigenvalue weighted by atomic mass is 10.1. The van der Waals surface area contributed by atoms with E-state index in [0.29, 0.717) is 23.6 Å². The van der Waals surface area contributed by atoms with Gasteiger partial charge in [-0.1, -0.05) is 24.3 Å². The zero-order chi connectivity index (χ0) is 21.7. The van der Waals surface area contributed by atoms with Gasteiger partial charge in [0.05, 0.1) is 25.1 Å². The Hall–Kier alpha value is -3.59. The molecule has 0 fully saturated rings. The first kappa shape index (κ1) is 21.1. The van der Waals surface area contributed by atoms with E-state index >= 15 is 0 Å². The molecule has 9 nitrogen and oxygen atoms in total. The fourth-order valence-corrected chi connectivity index (χ4v) is 2.89. The second-order valence-electron chi connectivity index (χ2n) is 6.47. The monoisotopic (exact) mass is 415 g/mol. The first-order valence-electron chi connectivity index (χ1n) is 9.30. The highest BCUT2D eigenvalue weighted by Gasteiger charge is 2.22. The van der Waals surface area contributed by atoms with Crippen molar-refractivity contribution in [2.75, 3.05) is 19.8 Å². The van der Waals surface area contributed by atoms with Crippen molar-refractivity contribution in [3.63, 3.8) is 0 Å². The summed E-state index contributed by atoms with van der Waals surface area (Å²) in [5.74, 6) is -0.833. The summed E-state index contributed by atoms with van der Waals surface area (Å²) in [6.45, 7) is 1.38. The molecule has 0 saturated heterocycles. The number of unbranched alkanes of at least 4 members (excludes halogenated alkanes) is 1. The molecule has 0 bridgehead atoms. The summed E-state index contributed by atoms with van der Waals surface area (Å²) in [4.78, 5) is 34.8. The zero-order valence-electron chi connectivity index (χ0n) is 16.3. The number of hydrogen-bond donors (Lipinski definition) is 2. The molecule has 158 valence electrons. The smallest absolute Gasteiger partial charge is 0.504 e. The van der Waals surface area contributed by atoms with Gasteiger partial charge in [0.1, 0.15) is 0 Å². The van der Waals surface area contributed by atoms with Crippen LogP contribution in [-0.2, 0) is 14.3 Å². The van der Waals surface area contributed by atoms with Crippen molar-refractivity contribution < 1.29 is 38.1 Å². The predicted octanol–water partition coefficient (Wildman–Crippen LogP) is 3.29. The number of ether oxygens (including phenoxy) is 3. The fraction of sp³-hybridized carbons (Fsp3) is 0.286. The minimum atomic E-state index is -0.948. The van der Waals surface area contributed by atoms with Crippen LogP contribution in [0.25, 0.3) is 21.7 Å². The Labute approximate surface area is 171 Å². The van der Waals surface area contributed by atoms with Gasteiger partial charge in [-0.2, -0.15) is 0 Å². The number of aromatic hydroxyl groups is 1. The summed E-state index contributed by atoms with van der Waals surface area (Å²) >= 11 is 0. The highest BCUT2D eigenvalue weighted by Crippen LogP contribution is 2.43. The number of hydrogen-bond acceptors (Lipinski definition) is 9. The molecule has 3 N–H and O–H groups in total. The lowest BCUT2D eigenvalue weighted by Gasteiger charge is -2.11. The maximum atomic E-state index is 12.2. The van der Waals surface area contributed by atoms with Crippen LogP contribution in [0.2, 0.25) is 0 Å². The molecule has 0 aliphatic rings. The Morgan fingerprint density at radius 2 is 1.70 bits per heavy atom. The van der Waals surface area contributed by atoms with Crippen LogP contribution in [0.15, 0.2) is 34.7 Å². The number of phenolic OH excluding ortho intramolecular Hbond substituents is 1. The first-order valence-corrected chi connectivity index (χ1v) is 9.30. The first-order chi connectivity index (χ1) is 14.4. The summed E-state index contributed by atoms with van der Waals surface area (Å²) in [5, 5.41) is 11.7. The van der Waals surface area contributed by atoms with Crippen molar-refractivity contribution in [1.82, 2.24) is 0 Å². The van der Waals surface area contributed by atoms with Crippen LogP contribution in [0.4, 0.5) is 4.79 Å². The summed E-state index contributed by atoms with van der Waals surface area (Å²) < 4.78 is 20.8. The quantitative estimate of drug-likeness (QED) is 0.245. The number of furan rings is 1. The van der Waals surface area contributed by atoms with E-state index in [2.05, 4.69) is 0 Å². The molecule has 30 heavy (non-hydrogen) atoms. The molecular weight excluding hydrogens is 394 g/mol. The largest absolute Gasteiger partial charge is 0.513 e. The third-order valence-corrected chi connectivity index (χ3v) is 4.34. The van der Waals surface area contributed by atoms with Crippen LogP contribution in [0.3, 0.4) is 0 Å². The van der Waals surface area contributed by atoms with E-state index in [1.54, 1.807) is 24.3 Å². The molecule has 0 spiro atoms. The normalized spacial score (nSPS) is 10.9. The maximum Gasteiger partial charge on any atom is 0.513 e. The second-order valence-corrected chi connectivity index (χ2v) is 6.47. The molecule has 0 saturated carbocycles. The van der Waals surface area contributed by atoms with Crippen molar-refractivity contribution >= 4 is 39.6 Å². The molecular formula is C21H21NO8. The van der Waals surface area contributed by atoms with Crippen LogP contribution < -0.4 is 10.5 Å². The minimum absolute atomic E-state index is 0.0286. The van der Waals surface area contributed by atoms with E-state index in [-0.39, 0.29) is 53.8 Å². The van der Waals surface area contributed by atoms with Crippen LogP contribution in [0, 0.1) is 0 Å². The molecule has 0 amide bonds. The number of ketones is 1. The third kappa shape index (κ3) is 4.52. The fourth-order valence-electron chi connectivity index (χ4n) is 2.89. The SMILES string of the molecule is CC(=O)c1cc2c(OC(=O)OCCCCOC(=O)CN)c3ccccc3c(O)c2o1.